The summed E-state index contributed by atoms with van der Waals surface area (Å²) in [6, 6.07) is 0.665. The Kier molecular flexibility index (Phi) is 5.02. The fourth-order valence-corrected chi connectivity index (χ4v) is 4.03. The molecule has 3 atom stereocenters. The van der Waals surface area contributed by atoms with Gasteiger partial charge in [-0.25, -0.2) is 0 Å². The third-order valence-corrected chi connectivity index (χ3v) is 5.13. The summed E-state index contributed by atoms with van der Waals surface area (Å²) in [6.07, 6.45) is 8.58. The molecule has 2 rings (SSSR count). The number of carbonyl (C=O) groups excluding carboxylic acids is 1. The van der Waals surface area contributed by atoms with Gasteiger partial charge in [-0.15, -0.1) is 0 Å². The van der Waals surface area contributed by atoms with Gasteiger partial charge in [-0.05, 0) is 52.2 Å². The molecule has 0 aromatic heterocycles. The van der Waals surface area contributed by atoms with Crippen LogP contribution in [0.1, 0.15) is 45.4 Å². The molecule has 1 saturated carbocycles. The molecule has 3 unspecified atom stereocenters. The zero-order valence-corrected chi connectivity index (χ0v) is 12.9. The molecule has 3 nitrogen and oxygen atoms in total. The van der Waals surface area contributed by atoms with Gasteiger partial charge in [-0.1, -0.05) is 19.8 Å². The molecule has 1 saturated heterocycles. The van der Waals surface area contributed by atoms with Crippen LogP contribution in [0.4, 0.5) is 0 Å². The molecule has 0 spiro atoms. The molecular weight excluding hydrogens is 236 g/mol. The minimum atomic E-state index is -0.0497. The molecule has 0 N–H and O–H groups in total. The van der Waals surface area contributed by atoms with Crippen molar-refractivity contribution < 1.29 is 4.79 Å². The van der Waals surface area contributed by atoms with Crippen LogP contribution in [0.2, 0.25) is 0 Å². The molecule has 0 amide bonds. The monoisotopic (exact) mass is 266 g/mol. The summed E-state index contributed by atoms with van der Waals surface area (Å²) in [6.45, 7) is 5.60. The second kappa shape index (κ2) is 6.36. The molecule has 2 aliphatic rings. The van der Waals surface area contributed by atoms with Crippen molar-refractivity contribution in [3.05, 3.63) is 0 Å². The van der Waals surface area contributed by atoms with E-state index in [4.69, 9.17) is 0 Å². The van der Waals surface area contributed by atoms with Crippen molar-refractivity contribution in [2.24, 2.45) is 11.3 Å². The van der Waals surface area contributed by atoms with Gasteiger partial charge in [-0.2, -0.15) is 0 Å². The van der Waals surface area contributed by atoms with Crippen LogP contribution in [-0.4, -0.2) is 55.9 Å². The lowest BCUT2D eigenvalue weighted by Crippen LogP contribution is -2.50. The van der Waals surface area contributed by atoms with Crippen molar-refractivity contribution in [3.63, 3.8) is 0 Å². The Bertz CT molecular complexity index is 305. The Morgan fingerprint density at radius 2 is 2.11 bits per heavy atom. The van der Waals surface area contributed by atoms with Crippen molar-refractivity contribution >= 4 is 6.29 Å². The van der Waals surface area contributed by atoms with E-state index in [1.54, 1.807) is 0 Å². The Morgan fingerprint density at radius 1 is 1.32 bits per heavy atom. The van der Waals surface area contributed by atoms with E-state index in [0.29, 0.717) is 12.0 Å². The third-order valence-electron chi connectivity index (χ3n) is 5.13. The summed E-state index contributed by atoms with van der Waals surface area (Å²) < 4.78 is 0. The van der Waals surface area contributed by atoms with Gasteiger partial charge >= 0.3 is 0 Å². The molecule has 0 aromatic rings. The number of rotatable bonds is 4. The fraction of sp³-hybridized carbons (Fsp3) is 0.938. The highest BCUT2D eigenvalue weighted by Gasteiger charge is 2.37. The zero-order chi connectivity index (χ0) is 13.9. The highest BCUT2D eigenvalue weighted by molar-refractivity contribution is 5.60. The van der Waals surface area contributed by atoms with E-state index >= 15 is 0 Å². The number of nitrogens with zero attached hydrogens (tertiary/aromatic N) is 2. The van der Waals surface area contributed by atoms with Crippen molar-refractivity contribution in [2.75, 3.05) is 33.7 Å². The average molecular weight is 266 g/mol. The molecule has 0 radical (unpaired) electrons. The lowest BCUT2D eigenvalue weighted by molar-refractivity contribution is -0.120. The van der Waals surface area contributed by atoms with Gasteiger partial charge in [0.05, 0.1) is 0 Å². The summed E-state index contributed by atoms with van der Waals surface area (Å²) in [5.41, 5.74) is -0.0497. The first-order valence-corrected chi connectivity index (χ1v) is 7.90. The third kappa shape index (κ3) is 3.79. The SMILES string of the molecule is CC1CCCC(C=O)(CN2CCCC(N(C)C)C2)C1. The standard InChI is InChI=1S/C16H30N2O/c1-14-6-4-8-16(10-14,13-19)12-18-9-5-7-15(11-18)17(2)3/h13-15H,4-12H2,1-3H3. The Labute approximate surface area is 118 Å². The van der Waals surface area contributed by atoms with Gasteiger partial charge < -0.3 is 14.6 Å². The topological polar surface area (TPSA) is 23.6 Å². The second-order valence-electron chi connectivity index (χ2n) is 7.18. The zero-order valence-electron chi connectivity index (χ0n) is 12.9. The summed E-state index contributed by atoms with van der Waals surface area (Å²) >= 11 is 0. The molecule has 110 valence electrons. The van der Waals surface area contributed by atoms with Gasteiger partial charge in [0.25, 0.3) is 0 Å². The fourth-order valence-electron chi connectivity index (χ4n) is 4.03. The van der Waals surface area contributed by atoms with E-state index in [1.165, 1.54) is 38.5 Å². The molecule has 0 bridgehead atoms. The minimum absolute atomic E-state index is 0.0497. The molecule has 1 aliphatic carbocycles. The van der Waals surface area contributed by atoms with Gasteiger partial charge in [0.2, 0.25) is 0 Å². The minimum Gasteiger partial charge on any atom is -0.305 e. The van der Waals surface area contributed by atoms with Gasteiger partial charge in [0, 0.05) is 24.5 Å². The lowest BCUT2D eigenvalue weighted by atomic mass is 9.70. The second-order valence-corrected chi connectivity index (χ2v) is 7.18. The van der Waals surface area contributed by atoms with Crippen LogP contribution >= 0.6 is 0 Å². The number of likely N-dealkylation sites (tertiary alicyclic amines) is 1. The maximum atomic E-state index is 11.7. The first-order chi connectivity index (χ1) is 9.04. The van der Waals surface area contributed by atoms with E-state index in [1.807, 2.05) is 0 Å². The number of hydrogen-bond acceptors (Lipinski definition) is 3. The Balaban J connectivity index is 1.96. The Hall–Kier alpha value is -0.410. The summed E-state index contributed by atoms with van der Waals surface area (Å²) in [5.74, 6) is 0.716. The van der Waals surface area contributed by atoms with E-state index in [9.17, 15) is 4.79 Å². The quantitative estimate of drug-likeness (QED) is 0.730. The molecule has 19 heavy (non-hydrogen) atoms. The molecule has 1 heterocycles. The van der Waals surface area contributed by atoms with Gasteiger partial charge in [-0.3, -0.25) is 0 Å². The summed E-state index contributed by atoms with van der Waals surface area (Å²) in [7, 11) is 4.35. The number of likely N-dealkylation sites (N-methyl/N-ethyl adjacent to an activating group) is 1. The highest BCUT2D eigenvalue weighted by Crippen LogP contribution is 2.38. The van der Waals surface area contributed by atoms with E-state index < -0.39 is 0 Å². The average Bonchev–Trinajstić information content (AvgIpc) is 2.39. The van der Waals surface area contributed by atoms with Crippen LogP contribution in [0.5, 0.6) is 0 Å². The molecule has 0 aromatic carbocycles. The molecule has 1 aliphatic heterocycles. The number of aldehydes is 1. The normalized spacial score (nSPS) is 37.5. The lowest BCUT2D eigenvalue weighted by Gasteiger charge is -2.43. The predicted molar refractivity (Wildman–Crippen MR) is 79.3 cm³/mol. The first-order valence-electron chi connectivity index (χ1n) is 7.90. The number of piperidine rings is 1. The molecular formula is C16H30N2O. The number of hydrogen-bond donors (Lipinski definition) is 0. The predicted octanol–water partition coefficient (Wildman–Crippen LogP) is 2.41. The van der Waals surface area contributed by atoms with Crippen molar-refractivity contribution in [2.45, 2.75) is 51.5 Å². The maximum absolute atomic E-state index is 11.7. The highest BCUT2D eigenvalue weighted by atomic mass is 16.1. The van der Waals surface area contributed by atoms with E-state index in [-0.39, 0.29) is 5.41 Å². The summed E-state index contributed by atoms with van der Waals surface area (Å²) in [5, 5.41) is 0. The largest absolute Gasteiger partial charge is 0.305 e. The first kappa shape index (κ1) is 15.0. The van der Waals surface area contributed by atoms with Crippen molar-refractivity contribution in [1.82, 2.24) is 9.80 Å². The summed E-state index contributed by atoms with van der Waals surface area (Å²) in [4.78, 5) is 16.6. The Morgan fingerprint density at radius 3 is 2.74 bits per heavy atom. The molecule has 2 fully saturated rings. The van der Waals surface area contributed by atoms with Crippen LogP contribution in [0.3, 0.4) is 0 Å². The van der Waals surface area contributed by atoms with Crippen molar-refractivity contribution in [3.8, 4) is 0 Å². The van der Waals surface area contributed by atoms with Crippen LogP contribution < -0.4 is 0 Å². The van der Waals surface area contributed by atoms with Crippen molar-refractivity contribution in [1.29, 1.82) is 0 Å². The van der Waals surface area contributed by atoms with Crippen LogP contribution in [0, 0.1) is 11.3 Å². The van der Waals surface area contributed by atoms with E-state index in [0.717, 1.165) is 25.9 Å². The molecule has 3 heteroatoms. The van der Waals surface area contributed by atoms with E-state index in [2.05, 4.69) is 30.8 Å². The van der Waals surface area contributed by atoms with Crippen LogP contribution in [-0.2, 0) is 4.79 Å². The number of carbonyl (C=O) groups is 1. The van der Waals surface area contributed by atoms with Gasteiger partial charge in [0.15, 0.2) is 0 Å². The van der Waals surface area contributed by atoms with Gasteiger partial charge in [0.1, 0.15) is 6.29 Å². The maximum Gasteiger partial charge on any atom is 0.127 e. The smallest absolute Gasteiger partial charge is 0.127 e. The van der Waals surface area contributed by atoms with Crippen LogP contribution in [0.15, 0.2) is 0 Å². The van der Waals surface area contributed by atoms with Crippen LogP contribution in [0.25, 0.3) is 0 Å².